The van der Waals surface area contributed by atoms with Gasteiger partial charge in [0.25, 0.3) is 0 Å². The molecule has 0 radical (unpaired) electrons. The quantitative estimate of drug-likeness (QED) is 0.707. The number of hydrogen-bond acceptors (Lipinski definition) is 4. The van der Waals surface area contributed by atoms with Crippen molar-refractivity contribution < 1.29 is 4.39 Å². The van der Waals surface area contributed by atoms with Crippen LogP contribution in [0.1, 0.15) is 0 Å². The Kier molecular flexibility index (Phi) is 2.69. The number of halogens is 1. The molecule has 14 heavy (non-hydrogen) atoms. The van der Waals surface area contributed by atoms with Gasteiger partial charge in [0.05, 0.1) is 12.4 Å². The molecule has 0 amide bonds. The maximum Gasteiger partial charge on any atom is 0.192 e. The summed E-state index contributed by atoms with van der Waals surface area (Å²) in [5.74, 6) is -0.427. The van der Waals surface area contributed by atoms with Crippen LogP contribution in [0, 0.1) is 5.82 Å². The molecule has 0 aromatic carbocycles. The number of rotatable bonds is 2. The molecule has 0 spiro atoms. The van der Waals surface area contributed by atoms with Gasteiger partial charge >= 0.3 is 0 Å². The molecular weight excluding hydrogens is 201 g/mol. The predicted octanol–water partition coefficient (Wildman–Crippen LogP) is 2.16. The third-order valence-electron chi connectivity index (χ3n) is 1.46. The van der Waals surface area contributed by atoms with E-state index < -0.39 is 5.82 Å². The molecule has 0 saturated heterocycles. The summed E-state index contributed by atoms with van der Waals surface area (Å²) in [6, 6.07) is 3.69. The highest BCUT2D eigenvalue weighted by molar-refractivity contribution is 7.99. The van der Waals surface area contributed by atoms with Gasteiger partial charge in [0.15, 0.2) is 11.0 Å². The van der Waals surface area contributed by atoms with E-state index in [9.17, 15) is 4.39 Å². The Bertz CT molecular complexity index is 404. The number of nitrogens with zero attached hydrogens (tertiary/aromatic N) is 3. The first-order valence-electron chi connectivity index (χ1n) is 3.90. The molecule has 0 atom stereocenters. The molecule has 0 N–H and O–H groups in total. The minimum Gasteiger partial charge on any atom is -0.265 e. The van der Waals surface area contributed by atoms with E-state index in [1.54, 1.807) is 12.4 Å². The van der Waals surface area contributed by atoms with E-state index in [0.717, 1.165) is 17.3 Å². The third kappa shape index (κ3) is 2.26. The smallest absolute Gasteiger partial charge is 0.192 e. The second kappa shape index (κ2) is 4.15. The van der Waals surface area contributed by atoms with Crippen LogP contribution >= 0.6 is 11.8 Å². The highest BCUT2D eigenvalue weighted by atomic mass is 32.2. The maximum absolute atomic E-state index is 12.5. The van der Waals surface area contributed by atoms with Crippen LogP contribution in [0.2, 0.25) is 0 Å². The van der Waals surface area contributed by atoms with E-state index in [1.807, 2.05) is 12.1 Å². The van der Waals surface area contributed by atoms with Crippen molar-refractivity contribution in [2.45, 2.75) is 10.1 Å². The molecule has 0 aliphatic heterocycles. The highest BCUT2D eigenvalue weighted by Crippen LogP contribution is 2.22. The molecule has 0 bridgehead atoms. The number of pyridine rings is 1. The second-order valence-corrected chi connectivity index (χ2v) is 3.51. The van der Waals surface area contributed by atoms with Crippen molar-refractivity contribution in [1.29, 1.82) is 0 Å². The average molecular weight is 207 g/mol. The lowest BCUT2D eigenvalue weighted by Crippen LogP contribution is -1.86. The van der Waals surface area contributed by atoms with Crippen LogP contribution in [-0.2, 0) is 0 Å². The fourth-order valence-electron chi connectivity index (χ4n) is 0.865. The van der Waals surface area contributed by atoms with Crippen molar-refractivity contribution in [3.63, 3.8) is 0 Å². The zero-order chi connectivity index (χ0) is 9.80. The van der Waals surface area contributed by atoms with E-state index in [1.165, 1.54) is 11.8 Å². The molecular formula is C9H6FN3S. The first kappa shape index (κ1) is 9.08. The van der Waals surface area contributed by atoms with E-state index in [2.05, 4.69) is 15.0 Å². The van der Waals surface area contributed by atoms with Gasteiger partial charge in [-0.05, 0) is 23.9 Å². The van der Waals surface area contributed by atoms with E-state index >= 15 is 0 Å². The van der Waals surface area contributed by atoms with Gasteiger partial charge in [-0.25, -0.2) is 14.4 Å². The second-order valence-electron chi connectivity index (χ2n) is 2.47. The molecule has 2 aromatic rings. The minimum absolute atomic E-state index is 0.427. The normalized spacial score (nSPS) is 10.1. The van der Waals surface area contributed by atoms with Gasteiger partial charge in [0, 0.05) is 17.3 Å². The van der Waals surface area contributed by atoms with Gasteiger partial charge in [-0.15, -0.1) is 0 Å². The third-order valence-corrected chi connectivity index (χ3v) is 2.36. The monoisotopic (exact) mass is 207 g/mol. The standard InChI is InChI=1S/C9H6FN3S/c10-7-5-12-9(13-6-7)14-8-1-3-11-4-2-8/h1-6H. The Morgan fingerprint density at radius 2 is 1.71 bits per heavy atom. The molecule has 2 rings (SSSR count). The molecule has 2 heterocycles. The molecule has 0 unspecified atom stereocenters. The maximum atomic E-state index is 12.5. The van der Waals surface area contributed by atoms with Crippen LogP contribution in [0.3, 0.4) is 0 Å². The molecule has 0 saturated carbocycles. The van der Waals surface area contributed by atoms with Crippen LogP contribution < -0.4 is 0 Å². The van der Waals surface area contributed by atoms with Crippen molar-refractivity contribution in [3.05, 3.63) is 42.7 Å². The molecule has 0 fully saturated rings. The van der Waals surface area contributed by atoms with Crippen molar-refractivity contribution in [1.82, 2.24) is 15.0 Å². The Morgan fingerprint density at radius 1 is 1.07 bits per heavy atom. The number of aromatic nitrogens is 3. The lowest BCUT2D eigenvalue weighted by atomic mass is 10.5. The lowest BCUT2D eigenvalue weighted by Gasteiger charge is -1.97. The van der Waals surface area contributed by atoms with Crippen LogP contribution in [0.25, 0.3) is 0 Å². The van der Waals surface area contributed by atoms with Gasteiger partial charge in [-0.1, -0.05) is 0 Å². The minimum atomic E-state index is -0.427. The van der Waals surface area contributed by atoms with Crippen LogP contribution in [-0.4, -0.2) is 15.0 Å². The Hall–Kier alpha value is -1.49. The summed E-state index contributed by atoms with van der Waals surface area (Å²) in [6.45, 7) is 0. The molecule has 70 valence electrons. The topological polar surface area (TPSA) is 38.7 Å². The predicted molar refractivity (Wildman–Crippen MR) is 50.4 cm³/mol. The highest BCUT2D eigenvalue weighted by Gasteiger charge is 1.99. The first-order chi connectivity index (χ1) is 6.84. The molecule has 5 heteroatoms. The summed E-state index contributed by atoms with van der Waals surface area (Å²) in [5.41, 5.74) is 0. The fourth-order valence-corrected chi connectivity index (χ4v) is 1.54. The Labute approximate surface area is 84.4 Å². The molecule has 3 nitrogen and oxygen atoms in total. The van der Waals surface area contributed by atoms with Crippen molar-refractivity contribution in [2.75, 3.05) is 0 Å². The summed E-state index contributed by atoms with van der Waals surface area (Å²) >= 11 is 1.37. The summed E-state index contributed by atoms with van der Waals surface area (Å²) < 4.78 is 12.5. The van der Waals surface area contributed by atoms with Crippen LogP contribution in [0.15, 0.2) is 47.0 Å². The summed E-state index contributed by atoms with van der Waals surface area (Å²) in [7, 11) is 0. The largest absolute Gasteiger partial charge is 0.265 e. The number of hydrogen-bond donors (Lipinski definition) is 0. The van der Waals surface area contributed by atoms with Crippen molar-refractivity contribution in [3.8, 4) is 0 Å². The zero-order valence-corrected chi connectivity index (χ0v) is 7.91. The van der Waals surface area contributed by atoms with Crippen molar-refractivity contribution >= 4 is 11.8 Å². The summed E-state index contributed by atoms with van der Waals surface area (Å²) in [5, 5.41) is 0.526. The zero-order valence-electron chi connectivity index (χ0n) is 7.09. The fraction of sp³-hybridized carbons (Fsp3) is 0. The lowest BCUT2D eigenvalue weighted by molar-refractivity contribution is 0.605. The van der Waals surface area contributed by atoms with Gasteiger partial charge in [-0.3, -0.25) is 4.98 Å². The van der Waals surface area contributed by atoms with Crippen LogP contribution in [0.4, 0.5) is 4.39 Å². The van der Waals surface area contributed by atoms with Gasteiger partial charge in [0.2, 0.25) is 0 Å². The van der Waals surface area contributed by atoms with E-state index in [0.29, 0.717) is 5.16 Å². The average Bonchev–Trinajstić information content (AvgIpc) is 2.23. The molecule has 0 aliphatic carbocycles. The Morgan fingerprint density at radius 3 is 2.36 bits per heavy atom. The Balaban J connectivity index is 2.16. The van der Waals surface area contributed by atoms with Crippen molar-refractivity contribution in [2.24, 2.45) is 0 Å². The summed E-state index contributed by atoms with van der Waals surface area (Å²) in [4.78, 5) is 12.5. The molecule has 0 aliphatic rings. The van der Waals surface area contributed by atoms with E-state index in [-0.39, 0.29) is 0 Å². The van der Waals surface area contributed by atoms with E-state index in [4.69, 9.17) is 0 Å². The summed E-state index contributed by atoms with van der Waals surface area (Å²) in [6.07, 6.45) is 5.67. The van der Waals surface area contributed by atoms with Gasteiger partial charge < -0.3 is 0 Å². The van der Waals surface area contributed by atoms with Gasteiger partial charge in [-0.2, -0.15) is 0 Å². The molecule has 2 aromatic heterocycles. The SMILES string of the molecule is Fc1cnc(Sc2ccncc2)nc1. The van der Waals surface area contributed by atoms with Gasteiger partial charge in [0.1, 0.15) is 0 Å². The van der Waals surface area contributed by atoms with Crippen LogP contribution in [0.5, 0.6) is 0 Å². The first-order valence-corrected chi connectivity index (χ1v) is 4.72.